The summed E-state index contributed by atoms with van der Waals surface area (Å²) in [6, 6.07) is 5.94. The molecule has 3 rings (SSSR count). The van der Waals surface area contributed by atoms with Crippen molar-refractivity contribution < 1.29 is 9.53 Å². The van der Waals surface area contributed by atoms with E-state index < -0.39 is 5.60 Å². The van der Waals surface area contributed by atoms with Gasteiger partial charge < -0.3 is 4.74 Å². The van der Waals surface area contributed by atoms with Crippen LogP contribution in [0, 0.1) is 0 Å². The van der Waals surface area contributed by atoms with Gasteiger partial charge in [0.2, 0.25) is 0 Å². The first-order valence-electron chi connectivity index (χ1n) is 7.25. The standard InChI is InChI=1S/C17H18N2O2S/c1-17(2,15(20)19-16-18-9-10-22-16)21-14-8-7-12-5-3-4-6-13(12)11-14/h5-11H,3-4H2,1-2H3,(H,18,19,20). The first-order valence-corrected chi connectivity index (χ1v) is 8.13. The number of rotatable bonds is 4. The quantitative estimate of drug-likeness (QED) is 0.942. The van der Waals surface area contributed by atoms with Crippen LogP contribution in [0.5, 0.6) is 5.75 Å². The Morgan fingerprint density at radius 1 is 1.27 bits per heavy atom. The van der Waals surface area contributed by atoms with Crippen LogP contribution in [0.4, 0.5) is 5.13 Å². The molecule has 1 aliphatic carbocycles. The van der Waals surface area contributed by atoms with Crippen molar-refractivity contribution in [2.45, 2.75) is 32.3 Å². The van der Waals surface area contributed by atoms with Crippen molar-refractivity contribution >= 4 is 34.5 Å². The molecule has 0 radical (unpaired) electrons. The lowest BCUT2D eigenvalue weighted by molar-refractivity contribution is -0.128. The molecular formula is C17H18N2O2S. The van der Waals surface area contributed by atoms with Gasteiger partial charge in [0.15, 0.2) is 10.7 Å². The Hall–Kier alpha value is -2.14. The number of fused-ring (bicyclic) bond motifs is 1. The van der Waals surface area contributed by atoms with Crippen LogP contribution in [0.25, 0.3) is 12.2 Å². The van der Waals surface area contributed by atoms with Gasteiger partial charge in [-0.05, 0) is 49.3 Å². The third-order valence-electron chi connectivity index (χ3n) is 3.53. The van der Waals surface area contributed by atoms with Crippen LogP contribution in [-0.2, 0) is 4.79 Å². The molecule has 0 spiro atoms. The van der Waals surface area contributed by atoms with Gasteiger partial charge in [0.1, 0.15) is 5.75 Å². The van der Waals surface area contributed by atoms with Gasteiger partial charge in [0.25, 0.3) is 5.91 Å². The van der Waals surface area contributed by atoms with E-state index in [1.165, 1.54) is 21.8 Å². The number of nitrogens with one attached hydrogen (secondary N) is 1. The largest absolute Gasteiger partial charge is 0.478 e. The van der Waals surface area contributed by atoms with Crippen LogP contribution in [0.3, 0.4) is 0 Å². The number of hydrogen-bond acceptors (Lipinski definition) is 4. The van der Waals surface area contributed by atoms with E-state index in [0.717, 1.165) is 12.8 Å². The Balaban J connectivity index is 1.78. The third kappa shape index (κ3) is 3.20. The number of thiazole rings is 1. The molecule has 1 amide bonds. The van der Waals surface area contributed by atoms with Crippen molar-refractivity contribution in [3.8, 4) is 5.75 Å². The molecule has 1 aromatic carbocycles. The van der Waals surface area contributed by atoms with E-state index in [0.29, 0.717) is 10.9 Å². The topological polar surface area (TPSA) is 51.2 Å². The zero-order chi connectivity index (χ0) is 15.6. The van der Waals surface area contributed by atoms with Crippen molar-refractivity contribution in [2.75, 3.05) is 5.32 Å². The minimum atomic E-state index is -0.974. The molecule has 2 aromatic rings. The van der Waals surface area contributed by atoms with Crippen LogP contribution >= 0.6 is 11.3 Å². The second kappa shape index (κ2) is 5.93. The monoisotopic (exact) mass is 314 g/mol. The van der Waals surface area contributed by atoms with Crippen molar-refractivity contribution in [1.82, 2.24) is 4.98 Å². The predicted molar refractivity (Wildman–Crippen MR) is 89.3 cm³/mol. The molecular weight excluding hydrogens is 296 g/mol. The fraction of sp³-hybridized carbons (Fsp3) is 0.294. The number of aromatic nitrogens is 1. The minimum Gasteiger partial charge on any atom is -0.478 e. The van der Waals surface area contributed by atoms with Gasteiger partial charge in [0, 0.05) is 11.6 Å². The van der Waals surface area contributed by atoms with Gasteiger partial charge in [-0.3, -0.25) is 10.1 Å². The lowest BCUT2D eigenvalue weighted by Crippen LogP contribution is -2.43. The molecule has 0 unspecified atom stereocenters. The Bertz CT molecular complexity index is 795. The van der Waals surface area contributed by atoms with Gasteiger partial charge >= 0.3 is 0 Å². The van der Waals surface area contributed by atoms with E-state index in [1.54, 1.807) is 20.0 Å². The molecule has 0 saturated heterocycles. The lowest BCUT2D eigenvalue weighted by atomic mass is 10.1. The highest BCUT2D eigenvalue weighted by molar-refractivity contribution is 7.13. The second-order valence-corrected chi connectivity index (χ2v) is 6.57. The van der Waals surface area contributed by atoms with E-state index in [-0.39, 0.29) is 5.91 Å². The highest BCUT2D eigenvalue weighted by Crippen LogP contribution is 2.19. The van der Waals surface area contributed by atoms with Crippen LogP contribution in [0.15, 0.2) is 29.8 Å². The second-order valence-electron chi connectivity index (χ2n) is 5.68. The summed E-state index contributed by atoms with van der Waals surface area (Å²) in [5.41, 5.74) is -0.974. The molecule has 1 aromatic heterocycles. The maximum Gasteiger partial charge on any atom is 0.269 e. The third-order valence-corrected chi connectivity index (χ3v) is 4.21. The molecule has 114 valence electrons. The van der Waals surface area contributed by atoms with Crippen LogP contribution < -0.4 is 20.5 Å². The number of carbonyl (C=O) groups is 1. The summed E-state index contributed by atoms with van der Waals surface area (Å²) in [7, 11) is 0. The molecule has 0 fully saturated rings. The number of benzene rings is 1. The molecule has 0 atom stereocenters. The number of ether oxygens (including phenoxy) is 1. The minimum absolute atomic E-state index is 0.212. The maximum absolute atomic E-state index is 12.3. The summed E-state index contributed by atoms with van der Waals surface area (Å²) in [6.07, 6.45) is 8.20. The average molecular weight is 314 g/mol. The van der Waals surface area contributed by atoms with Crippen molar-refractivity contribution in [3.05, 3.63) is 40.2 Å². The van der Waals surface area contributed by atoms with E-state index in [2.05, 4.69) is 22.5 Å². The Morgan fingerprint density at radius 3 is 2.77 bits per heavy atom. The molecule has 1 N–H and O–H groups in total. The van der Waals surface area contributed by atoms with Gasteiger partial charge in [-0.2, -0.15) is 0 Å². The first kappa shape index (κ1) is 14.8. The van der Waals surface area contributed by atoms with Gasteiger partial charge in [0.05, 0.1) is 0 Å². The van der Waals surface area contributed by atoms with Crippen molar-refractivity contribution in [1.29, 1.82) is 0 Å². The molecule has 0 bridgehead atoms. The summed E-state index contributed by atoms with van der Waals surface area (Å²) in [5, 5.41) is 7.56. The molecule has 22 heavy (non-hydrogen) atoms. The summed E-state index contributed by atoms with van der Waals surface area (Å²) in [4.78, 5) is 16.4. The normalized spacial score (nSPS) is 13.5. The molecule has 0 saturated carbocycles. The Kier molecular flexibility index (Phi) is 3.98. The van der Waals surface area contributed by atoms with E-state index in [4.69, 9.17) is 4.74 Å². The fourth-order valence-corrected chi connectivity index (χ4v) is 2.85. The fourth-order valence-electron chi connectivity index (χ4n) is 2.33. The maximum atomic E-state index is 12.3. The summed E-state index contributed by atoms with van der Waals surface area (Å²) < 4.78 is 5.91. The van der Waals surface area contributed by atoms with E-state index >= 15 is 0 Å². The summed E-state index contributed by atoms with van der Waals surface area (Å²) in [5.74, 6) is 0.486. The number of hydrogen-bond donors (Lipinski definition) is 1. The number of carbonyl (C=O) groups excluding carboxylic acids is 1. The van der Waals surface area contributed by atoms with E-state index in [9.17, 15) is 4.79 Å². The summed E-state index contributed by atoms with van der Waals surface area (Å²) >= 11 is 1.38. The van der Waals surface area contributed by atoms with Gasteiger partial charge in [-0.15, -0.1) is 11.3 Å². The van der Waals surface area contributed by atoms with Gasteiger partial charge in [-0.25, -0.2) is 4.98 Å². The molecule has 4 nitrogen and oxygen atoms in total. The highest BCUT2D eigenvalue weighted by atomic mass is 32.1. The van der Waals surface area contributed by atoms with Crippen LogP contribution in [-0.4, -0.2) is 16.5 Å². The molecule has 5 heteroatoms. The highest BCUT2D eigenvalue weighted by Gasteiger charge is 2.30. The lowest BCUT2D eigenvalue weighted by Gasteiger charge is -2.24. The zero-order valence-electron chi connectivity index (χ0n) is 12.6. The number of anilines is 1. The smallest absolute Gasteiger partial charge is 0.269 e. The SMILES string of the molecule is CC(C)(Oc1ccc2c(c1)=CCCC=2)C(=O)Nc1nccs1. The Morgan fingerprint density at radius 2 is 2.05 bits per heavy atom. The first-order chi connectivity index (χ1) is 10.5. The zero-order valence-corrected chi connectivity index (χ0v) is 13.4. The summed E-state index contributed by atoms with van der Waals surface area (Å²) in [6.45, 7) is 3.51. The molecule has 0 aliphatic heterocycles. The Labute approximate surface area is 133 Å². The number of amides is 1. The van der Waals surface area contributed by atoms with Gasteiger partial charge in [-0.1, -0.05) is 18.2 Å². The molecule has 1 aliphatic rings. The molecule has 1 heterocycles. The van der Waals surface area contributed by atoms with Crippen LogP contribution in [0.1, 0.15) is 26.7 Å². The number of nitrogens with zero attached hydrogens (tertiary/aromatic N) is 1. The van der Waals surface area contributed by atoms with Crippen molar-refractivity contribution in [3.63, 3.8) is 0 Å². The van der Waals surface area contributed by atoms with E-state index in [1.807, 2.05) is 23.6 Å². The average Bonchev–Trinajstić information content (AvgIpc) is 2.99. The van der Waals surface area contributed by atoms with Crippen LogP contribution in [0.2, 0.25) is 0 Å². The predicted octanol–water partition coefficient (Wildman–Crippen LogP) is 2.29. The van der Waals surface area contributed by atoms with Crippen molar-refractivity contribution in [2.24, 2.45) is 0 Å².